The Hall–Kier alpha value is -2.58. The van der Waals surface area contributed by atoms with Crippen molar-refractivity contribution in [1.82, 2.24) is 9.55 Å². The number of aliphatic carboxylic acids is 1. The van der Waals surface area contributed by atoms with Gasteiger partial charge in [0.05, 0.1) is 17.2 Å². The Bertz CT molecular complexity index is 812. The Morgan fingerprint density at radius 3 is 2.57 bits per heavy atom. The third-order valence-corrected chi connectivity index (χ3v) is 3.17. The number of carboxylic acid groups (broad SMARTS) is 1. The van der Waals surface area contributed by atoms with Crippen molar-refractivity contribution in [3.05, 3.63) is 34.9 Å². The Kier molecular flexibility index (Phi) is 4.06. The van der Waals surface area contributed by atoms with E-state index in [0.717, 1.165) is 6.33 Å². The molecule has 0 aliphatic rings. The maximum atomic E-state index is 12.4. The van der Waals surface area contributed by atoms with Crippen molar-refractivity contribution in [2.24, 2.45) is 0 Å². The van der Waals surface area contributed by atoms with Gasteiger partial charge in [0.15, 0.2) is 0 Å². The SMILES string of the molecule is CC(C)(Nc1ccc2c(=O)n(CC(F)(F)F)cnc2c1)C(=O)O. The summed E-state index contributed by atoms with van der Waals surface area (Å²) in [6.45, 7) is 1.49. The summed E-state index contributed by atoms with van der Waals surface area (Å²) < 4.78 is 37.7. The van der Waals surface area contributed by atoms with Crippen molar-refractivity contribution in [2.75, 3.05) is 5.32 Å². The van der Waals surface area contributed by atoms with Crippen LogP contribution < -0.4 is 10.9 Å². The number of alkyl halides is 3. The summed E-state index contributed by atoms with van der Waals surface area (Å²) in [4.78, 5) is 26.9. The average molecular weight is 329 g/mol. The van der Waals surface area contributed by atoms with Crippen LogP contribution in [0.3, 0.4) is 0 Å². The zero-order valence-electron chi connectivity index (χ0n) is 12.3. The van der Waals surface area contributed by atoms with E-state index in [0.29, 0.717) is 10.3 Å². The minimum absolute atomic E-state index is 0.0235. The number of hydrogen-bond donors (Lipinski definition) is 2. The van der Waals surface area contributed by atoms with Crippen LogP contribution in [0.15, 0.2) is 29.3 Å². The lowest BCUT2D eigenvalue weighted by atomic mass is 10.1. The number of anilines is 1. The monoisotopic (exact) mass is 329 g/mol. The molecule has 0 bridgehead atoms. The van der Waals surface area contributed by atoms with Crippen LogP contribution in [0.2, 0.25) is 0 Å². The van der Waals surface area contributed by atoms with Crippen molar-refractivity contribution in [1.29, 1.82) is 0 Å². The first-order chi connectivity index (χ1) is 10.5. The predicted molar refractivity (Wildman–Crippen MR) is 77.4 cm³/mol. The molecule has 0 atom stereocenters. The fourth-order valence-electron chi connectivity index (χ4n) is 1.96. The highest BCUT2D eigenvalue weighted by atomic mass is 19.4. The first kappa shape index (κ1) is 16.8. The first-order valence-electron chi connectivity index (χ1n) is 6.57. The maximum absolute atomic E-state index is 12.4. The summed E-state index contributed by atoms with van der Waals surface area (Å²) in [6.07, 6.45) is -3.70. The maximum Gasteiger partial charge on any atom is 0.406 e. The van der Waals surface area contributed by atoms with Gasteiger partial charge in [-0.05, 0) is 32.0 Å². The number of benzene rings is 1. The van der Waals surface area contributed by atoms with E-state index in [4.69, 9.17) is 5.11 Å². The average Bonchev–Trinajstić information content (AvgIpc) is 2.40. The summed E-state index contributed by atoms with van der Waals surface area (Å²) >= 11 is 0. The molecule has 0 saturated heterocycles. The summed E-state index contributed by atoms with van der Waals surface area (Å²) in [5.74, 6) is -1.08. The molecule has 1 heterocycles. The molecule has 1 aromatic heterocycles. The van der Waals surface area contributed by atoms with Crippen LogP contribution in [0.4, 0.5) is 18.9 Å². The zero-order valence-corrected chi connectivity index (χ0v) is 12.3. The predicted octanol–water partition coefficient (Wildman–Crippen LogP) is 2.23. The van der Waals surface area contributed by atoms with Gasteiger partial charge in [-0.15, -0.1) is 0 Å². The molecule has 2 rings (SSSR count). The highest BCUT2D eigenvalue weighted by Crippen LogP contribution is 2.20. The number of carbonyl (C=O) groups is 1. The van der Waals surface area contributed by atoms with Gasteiger partial charge in [0.25, 0.3) is 5.56 Å². The third kappa shape index (κ3) is 3.79. The van der Waals surface area contributed by atoms with Gasteiger partial charge in [0.1, 0.15) is 12.1 Å². The molecule has 0 aliphatic carbocycles. The van der Waals surface area contributed by atoms with Gasteiger partial charge in [-0.1, -0.05) is 0 Å². The zero-order chi connectivity index (χ0) is 17.4. The van der Waals surface area contributed by atoms with Crippen LogP contribution in [0.5, 0.6) is 0 Å². The fraction of sp³-hybridized carbons (Fsp3) is 0.357. The lowest BCUT2D eigenvalue weighted by Gasteiger charge is -2.22. The molecule has 0 unspecified atom stereocenters. The molecule has 0 amide bonds. The van der Waals surface area contributed by atoms with Crippen LogP contribution in [0, 0.1) is 0 Å². The fourth-order valence-corrected chi connectivity index (χ4v) is 1.96. The van der Waals surface area contributed by atoms with Gasteiger partial charge in [-0.25, -0.2) is 9.78 Å². The molecule has 9 heteroatoms. The van der Waals surface area contributed by atoms with Crippen molar-refractivity contribution < 1.29 is 23.1 Å². The summed E-state index contributed by atoms with van der Waals surface area (Å²) in [5, 5.41) is 11.8. The van der Waals surface area contributed by atoms with E-state index < -0.39 is 29.8 Å². The van der Waals surface area contributed by atoms with Crippen LogP contribution in [0.25, 0.3) is 10.9 Å². The molecule has 23 heavy (non-hydrogen) atoms. The van der Waals surface area contributed by atoms with Crippen molar-refractivity contribution in [2.45, 2.75) is 32.1 Å². The molecular formula is C14H14F3N3O3. The Labute approximate surface area is 128 Å². The Balaban J connectivity index is 2.41. The number of nitrogens with one attached hydrogen (secondary N) is 1. The molecule has 0 saturated carbocycles. The van der Waals surface area contributed by atoms with E-state index in [1.54, 1.807) is 0 Å². The second-order valence-electron chi connectivity index (χ2n) is 5.58. The third-order valence-electron chi connectivity index (χ3n) is 3.17. The molecule has 2 N–H and O–H groups in total. The van der Waals surface area contributed by atoms with Gasteiger partial charge < -0.3 is 10.4 Å². The summed E-state index contributed by atoms with van der Waals surface area (Å²) in [6, 6.07) is 4.16. The molecule has 124 valence electrons. The molecule has 2 aromatic rings. The molecule has 0 spiro atoms. The topological polar surface area (TPSA) is 84.2 Å². The van der Waals surface area contributed by atoms with Gasteiger partial charge in [0, 0.05) is 5.69 Å². The Morgan fingerprint density at radius 2 is 2.00 bits per heavy atom. The van der Waals surface area contributed by atoms with Gasteiger partial charge in [-0.3, -0.25) is 9.36 Å². The summed E-state index contributed by atoms with van der Waals surface area (Å²) in [5.41, 5.74) is -1.49. The van der Waals surface area contributed by atoms with E-state index >= 15 is 0 Å². The standard InChI is InChI=1S/C14H14F3N3O3/c1-13(2,12(22)23)19-8-3-4-9-10(5-8)18-7-20(11(9)21)6-14(15,16)17/h3-5,7,19H,6H2,1-2H3,(H,22,23). The highest BCUT2D eigenvalue weighted by molar-refractivity contribution is 5.85. The minimum Gasteiger partial charge on any atom is -0.480 e. The van der Waals surface area contributed by atoms with Crippen molar-refractivity contribution in [3.63, 3.8) is 0 Å². The van der Waals surface area contributed by atoms with Crippen molar-refractivity contribution >= 4 is 22.6 Å². The van der Waals surface area contributed by atoms with Gasteiger partial charge >= 0.3 is 12.1 Å². The smallest absolute Gasteiger partial charge is 0.406 e. The Morgan fingerprint density at radius 1 is 1.35 bits per heavy atom. The van der Waals surface area contributed by atoms with E-state index in [9.17, 15) is 22.8 Å². The lowest BCUT2D eigenvalue weighted by molar-refractivity contribution is -0.142. The van der Waals surface area contributed by atoms with Crippen LogP contribution in [-0.4, -0.2) is 32.3 Å². The van der Waals surface area contributed by atoms with Gasteiger partial charge in [0.2, 0.25) is 0 Å². The van der Waals surface area contributed by atoms with Gasteiger partial charge in [-0.2, -0.15) is 13.2 Å². The number of aromatic nitrogens is 2. The van der Waals surface area contributed by atoms with Crippen LogP contribution >= 0.6 is 0 Å². The summed E-state index contributed by atoms with van der Waals surface area (Å²) in [7, 11) is 0. The van der Waals surface area contributed by atoms with Crippen LogP contribution in [-0.2, 0) is 11.3 Å². The molecule has 0 fully saturated rings. The number of fused-ring (bicyclic) bond motifs is 1. The second kappa shape index (κ2) is 5.56. The minimum atomic E-state index is -4.52. The number of carboxylic acids is 1. The lowest BCUT2D eigenvalue weighted by Crippen LogP contribution is -2.39. The molecule has 1 aromatic carbocycles. The van der Waals surface area contributed by atoms with Crippen molar-refractivity contribution in [3.8, 4) is 0 Å². The van der Waals surface area contributed by atoms with E-state index in [1.165, 1.54) is 32.0 Å². The normalized spacial score (nSPS) is 12.4. The highest BCUT2D eigenvalue weighted by Gasteiger charge is 2.29. The molecular weight excluding hydrogens is 315 g/mol. The number of rotatable bonds is 4. The second-order valence-corrected chi connectivity index (χ2v) is 5.58. The number of halogens is 3. The van der Waals surface area contributed by atoms with E-state index in [-0.39, 0.29) is 10.9 Å². The molecule has 0 radical (unpaired) electrons. The molecule has 0 aliphatic heterocycles. The van der Waals surface area contributed by atoms with E-state index in [2.05, 4.69) is 10.3 Å². The molecule has 6 nitrogen and oxygen atoms in total. The van der Waals surface area contributed by atoms with Crippen LogP contribution in [0.1, 0.15) is 13.8 Å². The quantitative estimate of drug-likeness (QED) is 0.899. The number of nitrogens with zero attached hydrogens (tertiary/aromatic N) is 2. The van der Waals surface area contributed by atoms with E-state index in [1.807, 2.05) is 0 Å². The first-order valence-corrected chi connectivity index (χ1v) is 6.57. The number of hydrogen-bond acceptors (Lipinski definition) is 4. The largest absolute Gasteiger partial charge is 0.480 e.